The lowest BCUT2D eigenvalue weighted by molar-refractivity contribution is 0.0649. The first-order valence-electron chi connectivity index (χ1n) is 25.3. The van der Waals surface area contributed by atoms with Gasteiger partial charge in [0.05, 0.1) is 28.4 Å². The predicted octanol–water partition coefficient (Wildman–Crippen LogP) is 15.3. The predicted molar refractivity (Wildman–Crippen MR) is 279 cm³/mol. The van der Waals surface area contributed by atoms with Gasteiger partial charge in [0.2, 0.25) is 0 Å². The second-order valence-corrected chi connectivity index (χ2v) is 22.8. The number of hydrogen-bond donors (Lipinski definition) is 0. The maximum absolute atomic E-state index is 7.22. The van der Waals surface area contributed by atoms with Crippen molar-refractivity contribution in [1.82, 2.24) is 0 Å². The van der Waals surface area contributed by atoms with Crippen LogP contribution in [0, 0.1) is 0 Å². The number of benzene rings is 4. The molecule has 8 bridgehead atoms. The number of ether oxygens (including phenoxy) is 8. The van der Waals surface area contributed by atoms with E-state index in [1.165, 1.54) is 0 Å². The van der Waals surface area contributed by atoms with Crippen molar-refractivity contribution in [1.29, 1.82) is 0 Å². The van der Waals surface area contributed by atoms with Crippen LogP contribution in [0.15, 0.2) is 48.5 Å². The van der Waals surface area contributed by atoms with Gasteiger partial charge in [0.25, 0.3) is 0 Å². The van der Waals surface area contributed by atoms with Crippen LogP contribution in [0.5, 0.6) is 23.0 Å². The number of methoxy groups -OCH3 is 4. The number of rotatable bonds is 16. The Morgan fingerprint density at radius 3 is 0.544 bits per heavy atom. The Labute approximate surface area is 412 Å². The molecular formula is C60H88O8. The highest BCUT2D eigenvalue weighted by Gasteiger charge is 2.39. The molecule has 0 atom stereocenters. The van der Waals surface area contributed by atoms with E-state index in [0.29, 0.717) is 49.4 Å². The van der Waals surface area contributed by atoms with Crippen molar-refractivity contribution >= 4 is 0 Å². The fourth-order valence-electron chi connectivity index (χ4n) is 9.26. The fourth-order valence-corrected chi connectivity index (χ4v) is 9.26. The molecule has 0 radical (unpaired) electrons. The molecule has 68 heavy (non-hydrogen) atoms. The Kier molecular flexibility index (Phi) is 18.0. The van der Waals surface area contributed by atoms with Gasteiger partial charge in [-0.1, -0.05) is 111 Å². The molecular weight excluding hydrogens is 849 g/mol. The molecule has 8 nitrogen and oxygen atoms in total. The van der Waals surface area contributed by atoms with Gasteiger partial charge in [-0.2, -0.15) is 0 Å². The zero-order valence-electron chi connectivity index (χ0n) is 45.9. The van der Waals surface area contributed by atoms with Gasteiger partial charge in [-0.25, -0.2) is 0 Å². The third-order valence-electron chi connectivity index (χ3n) is 13.1. The van der Waals surface area contributed by atoms with E-state index < -0.39 is 24.4 Å². The largest absolute Gasteiger partial charge is 0.496 e. The highest BCUT2D eigenvalue weighted by Crippen LogP contribution is 2.54. The molecule has 0 unspecified atom stereocenters. The van der Waals surface area contributed by atoms with Gasteiger partial charge in [-0.05, 0) is 118 Å². The van der Waals surface area contributed by atoms with Crippen LogP contribution >= 0.6 is 0 Å². The molecule has 0 heterocycles. The van der Waals surface area contributed by atoms with Crippen LogP contribution in [-0.2, 0) is 40.6 Å². The Morgan fingerprint density at radius 1 is 0.294 bits per heavy atom. The van der Waals surface area contributed by atoms with Crippen LogP contribution in [0.1, 0.15) is 228 Å². The Morgan fingerprint density at radius 2 is 0.441 bits per heavy atom. The van der Waals surface area contributed by atoms with Crippen molar-refractivity contribution in [2.45, 2.75) is 183 Å². The number of hydrogen-bond acceptors (Lipinski definition) is 8. The first-order valence-corrected chi connectivity index (χ1v) is 25.3. The molecule has 0 saturated heterocycles. The zero-order valence-corrected chi connectivity index (χ0v) is 45.9. The Balaban J connectivity index is 2.25. The SMILES string of the molecule is CCCOC1c2cc(C(C)(C)C)cc(c2OC)C(OCCC)c2cc(C(C)(C)C)cc(c2OC)C(OCCC)c2cc(C(C)(C)C)cc(c2OC)C(OCCC)c2cc(C(C)(C)C)cc1c2OC. The molecule has 0 aliphatic heterocycles. The van der Waals surface area contributed by atoms with Gasteiger partial charge >= 0.3 is 0 Å². The molecule has 0 spiro atoms. The van der Waals surface area contributed by atoms with Crippen molar-refractivity contribution in [3.8, 4) is 23.0 Å². The standard InChI is InChI=1S/C60H88O8/c1-21-25-65-53-41-29-37(57(5,6)7)31-43(49(41)61-17)54(66-26-22-2)45-33-39(59(11,12)13)35-47(51(45)63-19)56(68-28-24-4)48-36-40(60(14,15)16)34-46(52(48)64-20)55(67-27-23-3)44-32-38(58(8,9)10)30-42(53)50(44)62-18/h29-36,53-56H,21-28H2,1-20H3. The van der Waals surface area contributed by atoms with Crippen LogP contribution in [-0.4, -0.2) is 54.9 Å². The minimum absolute atomic E-state index is 0.269. The monoisotopic (exact) mass is 937 g/mol. The summed E-state index contributed by atoms with van der Waals surface area (Å²) in [5.41, 5.74) is 10.6. The minimum Gasteiger partial charge on any atom is -0.496 e. The van der Waals surface area contributed by atoms with Crippen LogP contribution in [0.2, 0.25) is 0 Å². The lowest BCUT2D eigenvalue weighted by Gasteiger charge is -2.35. The van der Waals surface area contributed by atoms with Gasteiger partial charge < -0.3 is 37.9 Å². The van der Waals surface area contributed by atoms with Crippen LogP contribution in [0.4, 0.5) is 0 Å². The maximum Gasteiger partial charge on any atom is 0.131 e. The van der Waals surface area contributed by atoms with Gasteiger partial charge in [-0.3, -0.25) is 0 Å². The van der Waals surface area contributed by atoms with E-state index in [4.69, 9.17) is 37.9 Å². The summed E-state index contributed by atoms with van der Waals surface area (Å²) in [5.74, 6) is 2.78. The van der Waals surface area contributed by atoms with E-state index in [1.807, 2.05) is 0 Å². The minimum atomic E-state index is -0.614. The average molecular weight is 937 g/mol. The summed E-state index contributed by atoms with van der Waals surface area (Å²) in [5, 5.41) is 0. The molecule has 4 aromatic carbocycles. The van der Waals surface area contributed by atoms with Crippen LogP contribution < -0.4 is 18.9 Å². The van der Waals surface area contributed by atoms with Crippen molar-refractivity contribution in [2.75, 3.05) is 54.9 Å². The molecule has 4 aromatic rings. The lowest BCUT2D eigenvalue weighted by Crippen LogP contribution is -2.23. The third kappa shape index (κ3) is 11.7. The van der Waals surface area contributed by atoms with E-state index >= 15 is 0 Å². The zero-order chi connectivity index (χ0) is 50.5. The third-order valence-corrected chi connectivity index (χ3v) is 13.1. The summed E-state index contributed by atoms with van der Waals surface area (Å²) in [6, 6.07) is 18.2. The first kappa shape index (κ1) is 54.9. The quantitative estimate of drug-likeness (QED) is 0.110. The van der Waals surface area contributed by atoms with Crippen LogP contribution in [0.3, 0.4) is 0 Å². The van der Waals surface area contributed by atoms with Gasteiger partial charge in [0.1, 0.15) is 47.4 Å². The molecule has 5 rings (SSSR count). The Bertz CT molecular complexity index is 1890. The molecule has 8 heteroatoms. The molecule has 0 saturated carbocycles. The highest BCUT2D eigenvalue weighted by atomic mass is 16.5. The molecule has 1 aliphatic rings. The van der Waals surface area contributed by atoms with E-state index in [-0.39, 0.29) is 21.7 Å². The molecule has 0 amide bonds. The molecule has 376 valence electrons. The second-order valence-electron chi connectivity index (χ2n) is 22.8. The first-order chi connectivity index (χ1) is 31.9. The summed E-state index contributed by atoms with van der Waals surface area (Å²) < 4.78 is 55.9. The highest BCUT2D eigenvalue weighted by molar-refractivity contribution is 5.63. The summed E-state index contributed by atoms with van der Waals surface area (Å²) in [6.45, 7) is 37.7. The summed E-state index contributed by atoms with van der Waals surface area (Å²) in [4.78, 5) is 0. The van der Waals surface area contributed by atoms with Gasteiger partial charge in [0.15, 0.2) is 0 Å². The van der Waals surface area contributed by atoms with Crippen molar-refractivity contribution in [3.05, 3.63) is 115 Å². The summed E-state index contributed by atoms with van der Waals surface area (Å²) >= 11 is 0. The van der Waals surface area contributed by atoms with Gasteiger partial charge in [0, 0.05) is 70.9 Å². The van der Waals surface area contributed by atoms with Crippen molar-refractivity contribution in [3.63, 3.8) is 0 Å². The normalized spacial score (nSPS) is 17.8. The van der Waals surface area contributed by atoms with Crippen molar-refractivity contribution < 1.29 is 37.9 Å². The second kappa shape index (κ2) is 22.3. The maximum atomic E-state index is 7.22. The summed E-state index contributed by atoms with van der Waals surface area (Å²) in [7, 11) is 7.07. The molecule has 0 aromatic heterocycles. The molecule has 0 fully saturated rings. The van der Waals surface area contributed by atoms with E-state index in [2.05, 4.69) is 159 Å². The van der Waals surface area contributed by atoms with E-state index in [1.54, 1.807) is 28.4 Å². The smallest absolute Gasteiger partial charge is 0.131 e. The van der Waals surface area contributed by atoms with E-state index in [9.17, 15) is 0 Å². The Hall–Kier alpha value is -4.08. The van der Waals surface area contributed by atoms with Crippen LogP contribution in [0.25, 0.3) is 0 Å². The summed E-state index contributed by atoms with van der Waals surface area (Å²) in [6.07, 6.45) is 0.781. The topological polar surface area (TPSA) is 73.8 Å². The van der Waals surface area contributed by atoms with Crippen molar-refractivity contribution in [2.24, 2.45) is 0 Å². The number of fused-ring (bicyclic) bond motifs is 8. The molecule has 0 N–H and O–H groups in total. The molecule has 1 aliphatic carbocycles. The fraction of sp³-hybridized carbons (Fsp3) is 0.600. The average Bonchev–Trinajstić information content (AvgIpc) is 3.27. The van der Waals surface area contributed by atoms with E-state index in [0.717, 1.165) is 92.4 Å². The lowest BCUT2D eigenvalue weighted by atomic mass is 9.77. The van der Waals surface area contributed by atoms with Gasteiger partial charge in [-0.15, -0.1) is 0 Å².